The molecule has 182 valence electrons. The minimum Gasteiger partial charge on any atom is -0.491 e. The fourth-order valence-electron chi connectivity index (χ4n) is 4.22. The topological polar surface area (TPSA) is 77.7 Å². The molecule has 0 saturated heterocycles. The zero-order valence-electron chi connectivity index (χ0n) is 17.5. The van der Waals surface area contributed by atoms with Gasteiger partial charge in [-0.05, 0) is 17.7 Å². The summed E-state index contributed by atoms with van der Waals surface area (Å²) in [4.78, 5) is 16.3. The van der Waals surface area contributed by atoms with Gasteiger partial charge >= 0.3 is 10.2 Å². The van der Waals surface area contributed by atoms with Gasteiger partial charge in [0.15, 0.2) is 0 Å². The second-order valence-electron chi connectivity index (χ2n) is 8.21. The number of anilines is 1. The van der Waals surface area contributed by atoms with Gasteiger partial charge in [-0.3, -0.25) is 4.79 Å². The summed E-state index contributed by atoms with van der Waals surface area (Å²) in [6, 6.07) is 2.82. The highest BCUT2D eigenvalue weighted by Gasteiger charge is 2.65. The number of hydrogen-bond acceptors (Lipinski definition) is 5. The normalized spacial score (nSPS) is 19.2. The van der Waals surface area contributed by atoms with Crippen LogP contribution in [0.1, 0.15) is 33.1 Å². The number of carbonyl (C=O) groups is 1. The van der Waals surface area contributed by atoms with Crippen molar-refractivity contribution < 1.29 is 38.1 Å². The highest BCUT2D eigenvalue weighted by atomic mass is 32.5. The van der Waals surface area contributed by atoms with Crippen LogP contribution in [0.2, 0.25) is 0 Å². The van der Waals surface area contributed by atoms with Crippen molar-refractivity contribution in [2.75, 3.05) is 19.4 Å². The number of rotatable bonds is 3. The lowest BCUT2D eigenvalue weighted by Gasteiger charge is -2.40. The Labute approximate surface area is 189 Å². The Bertz CT molecular complexity index is 1400. The first-order valence-electron chi connectivity index (χ1n) is 9.90. The summed E-state index contributed by atoms with van der Waals surface area (Å²) in [5, 5.41) is 0.489. The SMILES string of the molecule is CN(C(=O)c1cc2c3c(c(N)nc2cc1F)COC3)[C@@H]1COc2cc(S(F)(F)(F)(F)F)ccc21. The predicted octanol–water partition coefficient (Wildman–Crippen LogP) is 5.85. The van der Waals surface area contributed by atoms with Gasteiger partial charge in [0.25, 0.3) is 5.91 Å². The number of halogens is 6. The zero-order chi connectivity index (χ0) is 24.7. The van der Waals surface area contributed by atoms with Crippen LogP contribution in [0.25, 0.3) is 10.9 Å². The van der Waals surface area contributed by atoms with Crippen LogP contribution in [0.3, 0.4) is 0 Å². The Balaban J connectivity index is 1.51. The lowest BCUT2D eigenvalue weighted by molar-refractivity contribution is 0.0704. The van der Waals surface area contributed by atoms with E-state index in [1.165, 1.54) is 13.1 Å². The number of benzene rings is 2. The van der Waals surface area contributed by atoms with Crippen molar-refractivity contribution in [2.24, 2.45) is 0 Å². The summed E-state index contributed by atoms with van der Waals surface area (Å²) >= 11 is 0. The lowest BCUT2D eigenvalue weighted by atomic mass is 10.0. The third-order valence-corrected chi connectivity index (χ3v) is 7.17. The maximum absolute atomic E-state index is 14.9. The van der Waals surface area contributed by atoms with Crippen molar-refractivity contribution in [1.82, 2.24) is 9.88 Å². The molecular weight excluding hydrogens is 488 g/mol. The molecule has 6 nitrogen and oxygen atoms in total. The Kier molecular flexibility index (Phi) is 4.30. The summed E-state index contributed by atoms with van der Waals surface area (Å²) in [5.41, 5.74) is 7.30. The van der Waals surface area contributed by atoms with Crippen molar-refractivity contribution >= 4 is 32.9 Å². The fourth-order valence-corrected chi connectivity index (χ4v) is 4.88. The summed E-state index contributed by atoms with van der Waals surface area (Å²) in [7, 11) is -8.58. The van der Waals surface area contributed by atoms with E-state index < -0.39 is 38.6 Å². The molecule has 13 heteroatoms. The van der Waals surface area contributed by atoms with Crippen molar-refractivity contribution in [3.63, 3.8) is 0 Å². The van der Waals surface area contributed by atoms with E-state index in [1.54, 1.807) is 0 Å². The molecule has 2 aromatic carbocycles. The second kappa shape index (κ2) is 6.48. The molecule has 2 aliphatic rings. The average molecular weight is 505 g/mol. The van der Waals surface area contributed by atoms with Crippen LogP contribution >= 0.6 is 10.2 Å². The molecular formula is C21H17F6N3O3S. The number of carbonyl (C=O) groups excluding carboxylic acids is 1. The van der Waals surface area contributed by atoms with Gasteiger partial charge in [0.1, 0.15) is 28.9 Å². The first-order valence-corrected chi connectivity index (χ1v) is 11.9. The van der Waals surface area contributed by atoms with Crippen LogP contribution in [-0.4, -0.2) is 29.4 Å². The van der Waals surface area contributed by atoms with Crippen molar-refractivity contribution in [1.29, 1.82) is 0 Å². The van der Waals surface area contributed by atoms with Crippen LogP contribution in [0.5, 0.6) is 5.75 Å². The van der Waals surface area contributed by atoms with Crippen LogP contribution in [0.15, 0.2) is 35.2 Å². The largest absolute Gasteiger partial charge is 0.491 e. The monoisotopic (exact) mass is 505 g/mol. The Morgan fingerprint density at radius 2 is 1.82 bits per heavy atom. The van der Waals surface area contributed by atoms with E-state index in [1.807, 2.05) is 0 Å². The summed E-state index contributed by atoms with van der Waals surface area (Å²) in [6.45, 7) is 0.172. The van der Waals surface area contributed by atoms with E-state index in [9.17, 15) is 28.6 Å². The number of amides is 1. The number of nitrogens with two attached hydrogens (primary N) is 1. The van der Waals surface area contributed by atoms with E-state index in [0.717, 1.165) is 17.0 Å². The molecule has 3 heterocycles. The average Bonchev–Trinajstić information content (AvgIpc) is 3.38. The van der Waals surface area contributed by atoms with Crippen LogP contribution in [-0.2, 0) is 18.0 Å². The maximum atomic E-state index is 14.9. The molecule has 2 aliphatic heterocycles. The number of fused-ring (bicyclic) bond motifs is 4. The number of likely N-dealkylation sites (N-methyl/N-ethyl adjacent to an activating group) is 1. The standard InChI is InChI=1S/C21H17F6N3O3S/c1-30(18-9-33-19-4-10(2-3-11(18)19)34(23,24,25,26)27)21(31)13-5-12-14-7-32-8-15(14)20(28)29-17(12)6-16(13)22/h2-6,18H,7-9H2,1H3,(H2,28,29)/t18-/m1/s1. The third kappa shape index (κ3) is 3.59. The van der Waals surface area contributed by atoms with E-state index in [-0.39, 0.29) is 54.4 Å². The van der Waals surface area contributed by atoms with E-state index in [2.05, 4.69) is 4.98 Å². The van der Waals surface area contributed by atoms with Gasteiger partial charge < -0.3 is 20.1 Å². The Hall–Kier alpha value is -3.19. The molecule has 0 spiro atoms. The second-order valence-corrected chi connectivity index (χ2v) is 10.6. The van der Waals surface area contributed by atoms with E-state index in [4.69, 9.17) is 15.2 Å². The van der Waals surface area contributed by atoms with Gasteiger partial charge in [-0.25, -0.2) is 9.37 Å². The third-order valence-electron chi connectivity index (χ3n) is 6.02. The van der Waals surface area contributed by atoms with Crippen molar-refractivity contribution in [3.05, 3.63) is 58.4 Å². The minimum atomic E-state index is -9.90. The van der Waals surface area contributed by atoms with Gasteiger partial charge in [0.2, 0.25) is 0 Å². The lowest BCUT2D eigenvalue weighted by Crippen LogP contribution is -2.32. The van der Waals surface area contributed by atoms with E-state index in [0.29, 0.717) is 16.5 Å². The predicted molar refractivity (Wildman–Crippen MR) is 113 cm³/mol. The first-order chi connectivity index (χ1) is 15.6. The van der Waals surface area contributed by atoms with Gasteiger partial charge in [-0.15, -0.1) is 0 Å². The zero-order valence-corrected chi connectivity index (χ0v) is 18.3. The molecule has 0 saturated carbocycles. The number of hydrogen-bond donors (Lipinski definition) is 1. The van der Waals surface area contributed by atoms with Gasteiger partial charge in [0, 0.05) is 35.7 Å². The molecule has 1 amide bonds. The summed E-state index contributed by atoms with van der Waals surface area (Å²) < 4.78 is 91.1. The maximum Gasteiger partial charge on any atom is 0.310 e. The summed E-state index contributed by atoms with van der Waals surface area (Å²) in [6.07, 6.45) is 0. The van der Waals surface area contributed by atoms with E-state index >= 15 is 0 Å². The number of nitrogen functional groups attached to an aromatic ring is 1. The molecule has 3 aromatic rings. The molecule has 0 fully saturated rings. The number of aromatic nitrogens is 1. The molecule has 0 bridgehead atoms. The van der Waals surface area contributed by atoms with Crippen molar-refractivity contribution in [2.45, 2.75) is 24.2 Å². The first kappa shape index (κ1) is 22.6. The number of ether oxygens (including phenoxy) is 2. The molecule has 34 heavy (non-hydrogen) atoms. The highest BCUT2D eigenvalue weighted by Crippen LogP contribution is 3.02. The van der Waals surface area contributed by atoms with Crippen LogP contribution < -0.4 is 10.5 Å². The Morgan fingerprint density at radius 1 is 1.12 bits per heavy atom. The fraction of sp³-hybridized carbons (Fsp3) is 0.238. The molecule has 1 atom stereocenters. The Morgan fingerprint density at radius 3 is 2.53 bits per heavy atom. The van der Waals surface area contributed by atoms with Crippen LogP contribution in [0, 0.1) is 5.82 Å². The smallest absolute Gasteiger partial charge is 0.310 e. The molecule has 2 N–H and O–H groups in total. The minimum absolute atomic E-state index is 0.103. The van der Waals surface area contributed by atoms with Gasteiger partial charge in [0.05, 0.1) is 30.3 Å². The van der Waals surface area contributed by atoms with Crippen molar-refractivity contribution in [3.8, 4) is 5.75 Å². The van der Waals surface area contributed by atoms with Gasteiger partial charge in [-0.2, -0.15) is 0 Å². The van der Waals surface area contributed by atoms with Crippen LogP contribution in [0.4, 0.5) is 29.6 Å². The summed E-state index contributed by atoms with van der Waals surface area (Å²) in [5.74, 6) is -1.85. The molecule has 1 aromatic heterocycles. The molecule has 0 radical (unpaired) electrons. The number of nitrogens with zero attached hydrogens (tertiary/aromatic N) is 2. The van der Waals surface area contributed by atoms with Gasteiger partial charge in [-0.1, -0.05) is 25.5 Å². The molecule has 0 unspecified atom stereocenters. The molecule has 0 aliphatic carbocycles. The highest BCUT2D eigenvalue weighted by molar-refractivity contribution is 8.45. The quantitative estimate of drug-likeness (QED) is 0.452. The molecule has 5 rings (SSSR count). The number of pyridine rings is 1.